The monoisotopic (exact) mass is 678 g/mol. The number of aliphatic imine (C=N–C) groups is 1. The van der Waals surface area contributed by atoms with Gasteiger partial charge >= 0.3 is 0 Å². The Balaban J connectivity index is 1.40. The molecule has 4 aromatic carbocycles. The molecule has 1 fully saturated rings. The van der Waals surface area contributed by atoms with Crippen LogP contribution in [0.1, 0.15) is 42.4 Å². The highest BCUT2D eigenvalue weighted by atomic mass is 35.5. The first-order valence-electron chi connectivity index (χ1n) is 16.0. The minimum atomic E-state index is -1.26. The maximum Gasteiger partial charge on any atom is 0.272 e. The molecule has 4 aromatic rings. The number of carbonyl (C=O) groups excluding carboxylic acids is 3. The van der Waals surface area contributed by atoms with Crippen LogP contribution < -0.4 is 16.0 Å². The van der Waals surface area contributed by atoms with Crippen molar-refractivity contribution in [3.05, 3.63) is 136 Å². The predicted octanol–water partition coefficient (Wildman–Crippen LogP) is 7.58. The average Bonchev–Trinajstić information content (AvgIpc) is 3.92. The summed E-state index contributed by atoms with van der Waals surface area (Å²) in [6.45, 7) is 3.97. The zero-order chi connectivity index (χ0) is 33.8. The van der Waals surface area contributed by atoms with Crippen LogP contribution in [0.15, 0.2) is 115 Å². The van der Waals surface area contributed by atoms with E-state index in [2.05, 4.69) is 11.9 Å². The van der Waals surface area contributed by atoms with Crippen molar-refractivity contribution in [1.82, 2.24) is 5.32 Å². The lowest BCUT2D eigenvalue weighted by molar-refractivity contribution is -0.135. The Kier molecular flexibility index (Phi) is 10.1. The zero-order valence-corrected chi connectivity index (χ0v) is 27.8. The highest BCUT2D eigenvalue weighted by Crippen LogP contribution is 2.39. The fraction of sp³-hybridized carbons (Fsp3) is 0.231. The number of amides is 3. The molecule has 6 rings (SSSR count). The third-order valence-electron chi connectivity index (χ3n) is 8.94. The Morgan fingerprint density at radius 1 is 0.917 bits per heavy atom. The number of hydrogen-bond acceptors (Lipinski definition) is 4. The molecule has 7 nitrogen and oxygen atoms in total. The number of para-hydroxylation sites is 1. The van der Waals surface area contributed by atoms with Crippen molar-refractivity contribution in [2.45, 2.75) is 38.4 Å². The van der Waals surface area contributed by atoms with Crippen LogP contribution in [0.5, 0.6) is 0 Å². The molecular formula is C39H36Cl2N4O3. The maximum atomic E-state index is 14.6. The van der Waals surface area contributed by atoms with Crippen molar-refractivity contribution in [2.24, 2.45) is 28.5 Å². The van der Waals surface area contributed by atoms with Gasteiger partial charge in [0.15, 0.2) is 0 Å². The summed E-state index contributed by atoms with van der Waals surface area (Å²) in [5.74, 6) is -2.50. The summed E-state index contributed by atoms with van der Waals surface area (Å²) in [6, 6.07) is 30.3. The predicted molar refractivity (Wildman–Crippen MR) is 192 cm³/mol. The minimum absolute atomic E-state index is 0.199. The van der Waals surface area contributed by atoms with Gasteiger partial charge in [0.25, 0.3) is 5.91 Å². The Bertz CT molecular complexity index is 1890. The quantitative estimate of drug-likeness (QED) is 0.151. The number of allylic oxidation sites excluding steroid dienone is 1. The van der Waals surface area contributed by atoms with Crippen molar-refractivity contribution in [1.29, 1.82) is 0 Å². The number of anilines is 1. The number of hydrogen-bond donors (Lipinski definition) is 2. The van der Waals surface area contributed by atoms with Crippen LogP contribution in [0.2, 0.25) is 10.0 Å². The Morgan fingerprint density at radius 3 is 2.35 bits per heavy atom. The number of primary amides is 1. The van der Waals surface area contributed by atoms with E-state index >= 15 is 0 Å². The van der Waals surface area contributed by atoms with Gasteiger partial charge in [-0.3, -0.25) is 14.4 Å². The second-order valence-corrected chi connectivity index (χ2v) is 13.2. The smallest absolute Gasteiger partial charge is 0.272 e. The fourth-order valence-corrected chi connectivity index (χ4v) is 6.84. The van der Waals surface area contributed by atoms with E-state index in [0.29, 0.717) is 33.8 Å². The molecule has 1 unspecified atom stereocenters. The summed E-state index contributed by atoms with van der Waals surface area (Å²) in [4.78, 5) is 47.8. The van der Waals surface area contributed by atoms with Gasteiger partial charge < -0.3 is 16.0 Å². The summed E-state index contributed by atoms with van der Waals surface area (Å²) in [6.07, 6.45) is 3.11. The third kappa shape index (κ3) is 7.38. The van der Waals surface area contributed by atoms with E-state index in [0.717, 1.165) is 40.7 Å². The third-order valence-corrected chi connectivity index (χ3v) is 9.48. The van der Waals surface area contributed by atoms with Gasteiger partial charge in [0, 0.05) is 26.7 Å². The minimum Gasteiger partial charge on any atom is -0.369 e. The Morgan fingerprint density at radius 2 is 1.65 bits per heavy atom. The fourth-order valence-electron chi connectivity index (χ4n) is 6.32. The molecule has 244 valence electrons. The molecule has 1 aliphatic heterocycles. The number of benzodiazepines with no additional fused rings is 1. The van der Waals surface area contributed by atoms with Crippen LogP contribution in [0.4, 0.5) is 5.69 Å². The first-order chi connectivity index (χ1) is 23.2. The van der Waals surface area contributed by atoms with E-state index in [4.69, 9.17) is 33.9 Å². The molecule has 9 heteroatoms. The summed E-state index contributed by atoms with van der Waals surface area (Å²) in [5.41, 5.74) is 11.1. The van der Waals surface area contributed by atoms with E-state index in [1.165, 1.54) is 0 Å². The van der Waals surface area contributed by atoms with E-state index in [-0.39, 0.29) is 13.0 Å². The number of benzene rings is 4. The van der Waals surface area contributed by atoms with Crippen molar-refractivity contribution in [2.75, 3.05) is 4.90 Å². The Labute approximate surface area is 290 Å². The summed E-state index contributed by atoms with van der Waals surface area (Å²) in [7, 11) is 0. The molecule has 0 saturated heterocycles. The topological polar surface area (TPSA) is 105 Å². The SMILES string of the molecule is C=CC[C@H](C(N)=O)[C@@H](CC1CC1)C(=O)NC1N=C(c2ccccc2)c2ccccc2N(Cc2cccc(-c3ccc(Cl)cc3Cl)c2)C1=O. The zero-order valence-electron chi connectivity index (χ0n) is 26.3. The standard InChI is InChI=1S/C39H36Cl2N4O3/c1-2-9-30(36(42)46)32(21-24-16-17-24)38(47)44-37-39(48)45(23-25-10-8-13-27(20-25)29-19-18-28(40)22-33(29)41)34-15-7-6-14-31(34)35(43-37)26-11-4-3-5-12-26/h2-8,10-15,18-20,22,24,30,32,37H,1,9,16-17,21,23H2,(H2,42,46)(H,44,47)/t30-,32+,37?/m0/s1. The van der Waals surface area contributed by atoms with E-state index in [1.54, 1.807) is 23.1 Å². The first kappa shape index (κ1) is 33.2. The number of halogens is 2. The molecule has 3 atom stereocenters. The van der Waals surface area contributed by atoms with Gasteiger partial charge in [-0.2, -0.15) is 0 Å². The van der Waals surface area contributed by atoms with Gasteiger partial charge in [-0.05, 0) is 54.2 Å². The number of nitrogens with two attached hydrogens (primary N) is 1. The van der Waals surface area contributed by atoms with Crippen molar-refractivity contribution >= 4 is 52.3 Å². The molecule has 1 heterocycles. The summed E-state index contributed by atoms with van der Waals surface area (Å²) >= 11 is 12.7. The number of carbonyl (C=O) groups is 3. The number of fused-ring (bicyclic) bond motifs is 1. The first-order valence-corrected chi connectivity index (χ1v) is 16.8. The van der Waals surface area contributed by atoms with Crippen LogP contribution in [0.25, 0.3) is 11.1 Å². The van der Waals surface area contributed by atoms with Gasteiger partial charge in [0.05, 0.1) is 29.8 Å². The summed E-state index contributed by atoms with van der Waals surface area (Å²) in [5, 5.41) is 4.01. The largest absolute Gasteiger partial charge is 0.369 e. The van der Waals surface area contributed by atoms with Crippen LogP contribution in [-0.4, -0.2) is 29.6 Å². The van der Waals surface area contributed by atoms with Gasteiger partial charge in [-0.25, -0.2) is 4.99 Å². The van der Waals surface area contributed by atoms with Crippen molar-refractivity contribution in [3.8, 4) is 11.1 Å². The normalized spacial score (nSPS) is 17.0. The van der Waals surface area contributed by atoms with Crippen LogP contribution in [-0.2, 0) is 20.9 Å². The van der Waals surface area contributed by atoms with Crippen LogP contribution in [0.3, 0.4) is 0 Å². The molecule has 0 spiro atoms. The van der Waals surface area contributed by atoms with Gasteiger partial charge in [0.2, 0.25) is 18.0 Å². The molecular weight excluding hydrogens is 643 g/mol. The highest BCUT2D eigenvalue weighted by molar-refractivity contribution is 6.36. The molecule has 1 aliphatic carbocycles. The molecule has 0 radical (unpaired) electrons. The summed E-state index contributed by atoms with van der Waals surface area (Å²) < 4.78 is 0. The van der Waals surface area contributed by atoms with Crippen molar-refractivity contribution < 1.29 is 14.4 Å². The molecule has 3 amide bonds. The lowest BCUT2D eigenvalue weighted by Crippen LogP contribution is -2.50. The average molecular weight is 680 g/mol. The Hall–Kier alpha value is -4.72. The van der Waals surface area contributed by atoms with Crippen LogP contribution >= 0.6 is 23.2 Å². The molecule has 1 saturated carbocycles. The highest BCUT2D eigenvalue weighted by Gasteiger charge is 2.40. The molecule has 0 aromatic heterocycles. The molecule has 48 heavy (non-hydrogen) atoms. The van der Waals surface area contributed by atoms with Crippen LogP contribution in [0, 0.1) is 17.8 Å². The number of nitrogens with one attached hydrogen (secondary N) is 1. The lowest BCUT2D eigenvalue weighted by Gasteiger charge is -2.28. The molecule has 3 N–H and O–H groups in total. The second kappa shape index (κ2) is 14.6. The van der Waals surface area contributed by atoms with Gasteiger partial charge in [-0.15, -0.1) is 6.58 Å². The van der Waals surface area contributed by atoms with E-state index in [1.807, 2.05) is 84.9 Å². The lowest BCUT2D eigenvalue weighted by atomic mass is 9.84. The van der Waals surface area contributed by atoms with E-state index in [9.17, 15) is 14.4 Å². The maximum absolute atomic E-state index is 14.6. The second-order valence-electron chi connectivity index (χ2n) is 12.3. The van der Waals surface area contributed by atoms with Gasteiger partial charge in [0.1, 0.15) is 0 Å². The van der Waals surface area contributed by atoms with Crippen molar-refractivity contribution in [3.63, 3.8) is 0 Å². The van der Waals surface area contributed by atoms with Gasteiger partial charge in [-0.1, -0.05) is 115 Å². The number of nitrogens with zero attached hydrogens (tertiary/aromatic N) is 2. The molecule has 2 aliphatic rings. The number of rotatable bonds is 12. The molecule has 0 bridgehead atoms. The van der Waals surface area contributed by atoms with E-state index < -0.39 is 35.7 Å².